The first-order valence-corrected chi connectivity index (χ1v) is 3.91. The van der Waals surface area contributed by atoms with E-state index < -0.39 is 23.8 Å². The summed E-state index contributed by atoms with van der Waals surface area (Å²) in [5.74, 6) is -1.94. The van der Waals surface area contributed by atoms with E-state index >= 15 is 0 Å². The summed E-state index contributed by atoms with van der Waals surface area (Å²) < 4.78 is 25.7. The topological polar surface area (TPSA) is 46.2 Å². The molecule has 0 amide bonds. The Balaban J connectivity index is 3.07. The molecule has 0 aliphatic carbocycles. The maximum atomic E-state index is 13.0. The fourth-order valence-corrected chi connectivity index (χ4v) is 1.04. The zero-order valence-corrected chi connectivity index (χ0v) is 7.17. The Labute approximate surface area is 75.0 Å². The minimum Gasteiger partial charge on any atom is -0.391 e. The van der Waals surface area contributed by atoms with Crippen LogP contribution in [0.1, 0.15) is 18.5 Å². The maximum absolute atomic E-state index is 13.0. The largest absolute Gasteiger partial charge is 0.391 e. The maximum Gasteiger partial charge on any atom is 0.163 e. The highest BCUT2D eigenvalue weighted by Gasteiger charge is 2.18. The molecular formula is C9H11F2NO. The molecule has 4 heteroatoms. The Morgan fingerprint density at radius 2 is 2.00 bits per heavy atom. The van der Waals surface area contributed by atoms with Gasteiger partial charge in [-0.1, -0.05) is 12.1 Å². The van der Waals surface area contributed by atoms with Gasteiger partial charge in [0.15, 0.2) is 11.6 Å². The predicted octanol–water partition coefficient (Wildman–Crippen LogP) is 1.35. The van der Waals surface area contributed by atoms with Gasteiger partial charge in [0.25, 0.3) is 0 Å². The van der Waals surface area contributed by atoms with Gasteiger partial charge in [0.05, 0.1) is 12.1 Å². The standard InChI is InChI=1S/C9H11F2NO/c1-5(13)9(12)6-3-2-4-7(10)8(6)11/h2-5,9,13H,12H2,1H3/t5-,9+/m1/s1. The zero-order chi connectivity index (χ0) is 10.0. The monoisotopic (exact) mass is 187 g/mol. The average molecular weight is 187 g/mol. The van der Waals surface area contributed by atoms with E-state index in [4.69, 9.17) is 10.8 Å². The number of hydrogen-bond donors (Lipinski definition) is 2. The molecule has 2 nitrogen and oxygen atoms in total. The van der Waals surface area contributed by atoms with E-state index in [1.54, 1.807) is 0 Å². The summed E-state index contributed by atoms with van der Waals surface area (Å²) in [5.41, 5.74) is 5.45. The van der Waals surface area contributed by atoms with Crippen LogP contribution < -0.4 is 5.73 Å². The third kappa shape index (κ3) is 2.02. The smallest absolute Gasteiger partial charge is 0.163 e. The molecule has 0 saturated heterocycles. The number of hydrogen-bond acceptors (Lipinski definition) is 2. The fraction of sp³-hybridized carbons (Fsp3) is 0.333. The summed E-state index contributed by atoms with van der Waals surface area (Å²) in [5, 5.41) is 9.08. The SMILES string of the molecule is C[C@@H](O)[C@H](N)c1cccc(F)c1F. The number of aliphatic hydroxyl groups excluding tert-OH is 1. The minimum atomic E-state index is -0.990. The Kier molecular flexibility index (Phi) is 2.95. The van der Waals surface area contributed by atoms with Gasteiger partial charge in [0, 0.05) is 5.56 Å². The molecule has 13 heavy (non-hydrogen) atoms. The predicted molar refractivity (Wildman–Crippen MR) is 45.0 cm³/mol. The van der Waals surface area contributed by atoms with Crippen molar-refractivity contribution in [3.05, 3.63) is 35.4 Å². The van der Waals surface area contributed by atoms with Crippen LogP contribution in [0.25, 0.3) is 0 Å². The van der Waals surface area contributed by atoms with Crippen molar-refractivity contribution in [1.82, 2.24) is 0 Å². The van der Waals surface area contributed by atoms with Crippen molar-refractivity contribution in [3.8, 4) is 0 Å². The van der Waals surface area contributed by atoms with Crippen LogP contribution in [0.3, 0.4) is 0 Å². The van der Waals surface area contributed by atoms with Crippen molar-refractivity contribution in [2.24, 2.45) is 5.73 Å². The molecule has 0 unspecified atom stereocenters. The van der Waals surface area contributed by atoms with E-state index in [0.717, 1.165) is 6.07 Å². The Morgan fingerprint density at radius 1 is 1.38 bits per heavy atom. The lowest BCUT2D eigenvalue weighted by Gasteiger charge is -2.15. The van der Waals surface area contributed by atoms with Crippen LogP contribution in [0.5, 0.6) is 0 Å². The quantitative estimate of drug-likeness (QED) is 0.734. The van der Waals surface area contributed by atoms with Gasteiger partial charge in [-0.15, -0.1) is 0 Å². The number of halogens is 2. The molecule has 2 atom stereocenters. The molecule has 0 spiro atoms. The second-order valence-electron chi connectivity index (χ2n) is 2.91. The van der Waals surface area contributed by atoms with Crippen molar-refractivity contribution in [2.75, 3.05) is 0 Å². The number of benzene rings is 1. The van der Waals surface area contributed by atoms with Gasteiger partial charge in [-0.3, -0.25) is 0 Å². The molecule has 3 N–H and O–H groups in total. The molecule has 0 heterocycles. The van der Waals surface area contributed by atoms with Crippen LogP contribution in [0.4, 0.5) is 8.78 Å². The van der Waals surface area contributed by atoms with E-state index in [0.29, 0.717) is 0 Å². The van der Waals surface area contributed by atoms with Crippen LogP contribution in [-0.4, -0.2) is 11.2 Å². The van der Waals surface area contributed by atoms with Gasteiger partial charge in [-0.05, 0) is 13.0 Å². The molecule has 0 radical (unpaired) electrons. The Morgan fingerprint density at radius 3 is 2.54 bits per heavy atom. The van der Waals surface area contributed by atoms with E-state index in [1.165, 1.54) is 19.1 Å². The number of rotatable bonds is 2. The van der Waals surface area contributed by atoms with Crippen molar-refractivity contribution < 1.29 is 13.9 Å². The first-order valence-electron chi connectivity index (χ1n) is 3.91. The highest BCUT2D eigenvalue weighted by molar-refractivity contribution is 5.22. The lowest BCUT2D eigenvalue weighted by Crippen LogP contribution is -2.24. The molecule has 0 aliphatic heterocycles. The first-order chi connectivity index (χ1) is 6.04. The minimum absolute atomic E-state index is 0.00463. The third-order valence-corrected chi connectivity index (χ3v) is 1.86. The summed E-state index contributed by atoms with van der Waals surface area (Å²) in [6, 6.07) is 2.83. The molecule has 0 fully saturated rings. The highest BCUT2D eigenvalue weighted by atomic mass is 19.2. The summed E-state index contributed by atoms with van der Waals surface area (Å²) in [6.07, 6.45) is -0.906. The van der Waals surface area contributed by atoms with Gasteiger partial charge in [0.2, 0.25) is 0 Å². The molecule has 0 aromatic heterocycles. The van der Waals surface area contributed by atoms with Crippen LogP contribution in [0.2, 0.25) is 0 Å². The van der Waals surface area contributed by atoms with Crippen LogP contribution in [0.15, 0.2) is 18.2 Å². The lowest BCUT2D eigenvalue weighted by molar-refractivity contribution is 0.162. The van der Waals surface area contributed by atoms with E-state index in [-0.39, 0.29) is 5.56 Å². The average Bonchev–Trinajstić information content (AvgIpc) is 2.08. The van der Waals surface area contributed by atoms with Gasteiger partial charge < -0.3 is 10.8 Å². The third-order valence-electron chi connectivity index (χ3n) is 1.86. The van der Waals surface area contributed by atoms with E-state index in [2.05, 4.69) is 0 Å². The number of nitrogens with two attached hydrogens (primary N) is 1. The van der Waals surface area contributed by atoms with E-state index in [1.807, 2.05) is 0 Å². The van der Waals surface area contributed by atoms with Crippen molar-refractivity contribution in [1.29, 1.82) is 0 Å². The molecule has 1 rings (SSSR count). The summed E-state index contributed by atoms with van der Waals surface area (Å²) >= 11 is 0. The highest BCUT2D eigenvalue weighted by Crippen LogP contribution is 2.19. The second-order valence-corrected chi connectivity index (χ2v) is 2.91. The normalized spacial score (nSPS) is 15.5. The van der Waals surface area contributed by atoms with Gasteiger partial charge in [-0.2, -0.15) is 0 Å². The lowest BCUT2D eigenvalue weighted by atomic mass is 10.0. The van der Waals surface area contributed by atoms with Crippen molar-refractivity contribution in [3.63, 3.8) is 0 Å². The Hall–Kier alpha value is -1.00. The first kappa shape index (κ1) is 10.1. The molecule has 72 valence electrons. The summed E-state index contributed by atoms with van der Waals surface area (Å²) in [7, 11) is 0. The number of aliphatic hydroxyl groups is 1. The Bertz CT molecular complexity index is 302. The van der Waals surface area contributed by atoms with Crippen LogP contribution in [-0.2, 0) is 0 Å². The molecule has 1 aromatic carbocycles. The molecule has 1 aromatic rings. The molecule has 0 aliphatic rings. The van der Waals surface area contributed by atoms with Gasteiger partial charge in [-0.25, -0.2) is 8.78 Å². The zero-order valence-electron chi connectivity index (χ0n) is 7.17. The summed E-state index contributed by atoms with van der Waals surface area (Å²) in [4.78, 5) is 0. The van der Waals surface area contributed by atoms with Crippen molar-refractivity contribution in [2.45, 2.75) is 19.1 Å². The van der Waals surface area contributed by atoms with Crippen molar-refractivity contribution >= 4 is 0 Å². The second kappa shape index (κ2) is 3.81. The molecule has 0 saturated carbocycles. The van der Waals surface area contributed by atoms with E-state index in [9.17, 15) is 8.78 Å². The molecular weight excluding hydrogens is 176 g/mol. The van der Waals surface area contributed by atoms with Gasteiger partial charge in [0.1, 0.15) is 0 Å². The fourth-order valence-electron chi connectivity index (χ4n) is 1.04. The summed E-state index contributed by atoms with van der Waals surface area (Å²) in [6.45, 7) is 1.43. The molecule has 0 bridgehead atoms. The van der Waals surface area contributed by atoms with Crippen LogP contribution in [0, 0.1) is 11.6 Å². The van der Waals surface area contributed by atoms with Crippen LogP contribution >= 0.6 is 0 Å². The van der Waals surface area contributed by atoms with Gasteiger partial charge >= 0.3 is 0 Å².